The molecule has 9 heavy (non-hydrogen) atoms. The molecule has 1 aromatic carbocycles. The minimum atomic E-state index is -1.20. The molecule has 0 spiro atoms. The van der Waals surface area contributed by atoms with Gasteiger partial charge >= 0.3 is 83.1 Å². The van der Waals surface area contributed by atoms with E-state index in [2.05, 4.69) is 66.6 Å². The predicted molar refractivity (Wildman–Crippen MR) is 59.9 cm³/mol. The zero-order chi connectivity index (χ0) is 6.69. The molecule has 0 aliphatic heterocycles. The summed E-state index contributed by atoms with van der Waals surface area (Å²) in [5, 5.41) is 0. The number of benzene rings is 1. The molecule has 0 unspecified atom stereocenters. The van der Waals surface area contributed by atoms with E-state index in [-0.39, 0.29) is 0 Å². The summed E-state index contributed by atoms with van der Waals surface area (Å²) in [7, 11) is 0. The average molecular weight is 446 g/mol. The Morgan fingerprint density at radius 3 is 1.89 bits per heavy atom. The van der Waals surface area contributed by atoms with Crippen LogP contribution in [0.15, 0.2) is 30.3 Å². The summed E-state index contributed by atoms with van der Waals surface area (Å²) < 4.78 is 1.60. The monoisotopic (exact) mass is 446 g/mol. The van der Waals surface area contributed by atoms with Gasteiger partial charge in [0.1, 0.15) is 0 Å². The molecular weight excluding hydrogens is 441 g/mol. The fraction of sp³-hybridized carbons (Fsp3) is 0. The first-order valence-corrected chi connectivity index (χ1v) is 23.5. The molecular formula is C6H5I2In. The molecule has 0 amide bonds. The van der Waals surface area contributed by atoms with Gasteiger partial charge in [-0.15, -0.1) is 0 Å². The van der Waals surface area contributed by atoms with E-state index in [9.17, 15) is 0 Å². The zero-order valence-electron chi connectivity index (χ0n) is 4.72. The van der Waals surface area contributed by atoms with Crippen molar-refractivity contribution >= 4 is 52.7 Å². The Morgan fingerprint density at radius 2 is 1.56 bits per heavy atom. The van der Waals surface area contributed by atoms with Crippen LogP contribution in [0.2, 0.25) is 0 Å². The quantitative estimate of drug-likeness (QED) is 0.582. The predicted octanol–water partition coefficient (Wildman–Crippen LogP) is 2.25. The molecule has 3 heteroatoms. The van der Waals surface area contributed by atoms with E-state index in [1.54, 1.807) is 3.32 Å². The molecule has 0 N–H and O–H groups in total. The van der Waals surface area contributed by atoms with Crippen LogP contribution in [-0.2, 0) is 0 Å². The second-order valence-electron chi connectivity index (χ2n) is 1.71. The topological polar surface area (TPSA) is 0 Å². The summed E-state index contributed by atoms with van der Waals surface area (Å²) in [6.07, 6.45) is 0. The Morgan fingerprint density at radius 1 is 1.00 bits per heavy atom. The molecule has 0 saturated heterocycles. The Labute approximate surface area is 81.5 Å². The van der Waals surface area contributed by atoms with Gasteiger partial charge in [-0.1, -0.05) is 0 Å². The maximum atomic E-state index is 2.60. The first-order chi connectivity index (χ1) is 4.30. The Kier molecular flexibility index (Phi) is 4.26. The van der Waals surface area contributed by atoms with Crippen LogP contribution >= 0.6 is 36.3 Å². The van der Waals surface area contributed by atoms with E-state index in [0.29, 0.717) is 0 Å². The molecule has 0 radical (unpaired) electrons. The van der Waals surface area contributed by atoms with Crippen LogP contribution in [0.5, 0.6) is 0 Å². The molecule has 0 bridgehead atoms. The van der Waals surface area contributed by atoms with E-state index in [4.69, 9.17) is 0 Å². The van der Waals surface area contributed by atoms with Gasteiger partial charge in [-0.3, -0.25) is 0 Å². The van der Waals surface area contributed by atoms with Crippen LogP contribution in [0.25, 0.3) is 0 Å². The molecule has 0 aliphatic carbocycles. The third-order valence-electron chi connectivity index (χ3n) is 1.05. The number of hydrogen-bond donors (Lipinski definition) is 0. The van der Waals surface area contributed by atoms with Gasteiger partial charge < -0.3 is 0 Å². The normalized spacial score (nSPS) is 9.11. The fourth-order valence-electron chi connectivity index (χ4n) is 0.599. The van der Waals surface area contributed by atoms with Crippen LogP contribution in [0, 0.1) is 0 Å². The third-order valence-corrected chi connectivity index (χ3v) is 13.2. The average Bonchev–Trinajstić information content (AvgIpc) is 1.90. The second-order valence-corrected chi connectivity index (χ2v) is 38.0. The SMILES string of the molecule is [I][In]([I])[c]1ccccc1. The summed E-state index contributed by atoms with van der Waals surface area (Å²) in [5.74, 6) is 0. The zero-order valence-corrected chi connectivity index (χ0v) is 12.3. The molecule has 0 nitrogen and oxygen atoms in total. The van der Waals surface area contributed by atoms with Crippen molar-refractivity contribution in [2.75, 3.05) is 0 Å². The standard InChI is InChI=1S/C6H5.2HI.In/c1-2-4-6-5-3-1;;;/h1-5H;2*1H;/q;;;+2/p-2. The maximum absolute atomic E-state index is 2.60. The number of rotatable bonds is 1. The molecule has 0 atom stereocenters. The van der Waals surface area contributed by atoms with Gasteiger partial charge in [-0.2, -0.15) is 0 Å². The van der Waals surface area contributed by atoms with Gasteiger partial charge in [0.25, 0.3) is 0 Å². The number of hydrogen-bond acceptors (Lipinski definition) is 0. The Bertz CT molecular complexity index is 174. The second kappa shape index (κ2) is 4.43. The Hall–Kier alpha value is 1.55. The Balaban J connectivity index is 2.85. The third kappa shape index (κ3) is 2.97. The van der Waals surface area contributed by atoms with E-state index >= 15 is 0 Å². The molecule has 1 rings (SSSR count). The van der Waals surface area contributed by atoms with Crippen molar-refractivity contribution in [3.8, 4) is 0 Å². The van der Waals surface area contributed by atoms with E-state index < -0.39 is 13.1 Å². The van der Waals surface area contributed by atoms with Gasteiger partial charge in [0.15, 0.2) is 0 Å². The van der Waals surface area contributed by atoms with Crippen molar-refractivity contribution in [2.24, 2.45) is 0 Å². The van der Waals surface area contributed by atoms with E-state index in [0.717, 1.165) is 0 Å². The number of halogens is 2. The molecule has 0 heterocycles. The van der Waals surface area contributed by atoms with Gasteiger partial charge in [-0.05, 0) is 0 Å². The van der Waals surface area contributed by atoms with Gasteiger partial charge in [-0.25, -0.2) is 0 Å². The van der Waals surface area contributed by atoms with E-state index in [1.165, 1.54) is 0 Å². The summed E-state index contributed by atoms with van der Waals surface area (Å²) in [6, 6.07) is 10.8. The van der Waals surface area contributed by atoms with Crippen LogP contribution in [0.1, 0.15) is 0 Å². The van der Waals surface area contributed by atoms with E-state index in [1.807, 2.05) is 0 Å². The van der Waals surface area contributed by atoms with Crippen molar-refractivity contribution in [3.63, 3.8) is 0 Å². The van der Waals surface area contributed by atoms with Crippen LogP contribution in [0.4, 0.5) is 0 Å². The van der Waals surface area contributed by atoms with Gasteiger partial charge in [0.05, 0.1) is 0 Å². The molecule has 0 fully saturated rings. The molecule has 0 aliphatic rings. The van der Waals surface area contributed by atoms with Crippen LogP contribution in [-0.4, -0.2) is 13.1 Å². The fourth-order valence-corrected chi connectivity index (χ4v) is 7.63. The van der Waals surface area contributed by atoms with Crippen molar-refractivity contribution in [3.05, 3.63) is 30.3 Å². The van der Waals surface area contributed by atoms with Gasteiger partial charge in [0, 0.05) is 0 Å². The minimum absolute atomic E-state index is 1.20. The van der Waals surface area contributed by atoms with Crippen molar-refractivity contribution in [1.82, 2.24) is 0 Å². The van der Waals surface area contributed by atoms with Crippen molar-refractivity contribution < 1.29 is 0 Å². The molecule has 1 aromatic rings. The van der Waals surface area contributed by atoms with Crippen LogP contribution in [0.3, 0.4) is 0 Å². The van der Waals surface area contributed by atoms with Crippen molar-refractivity contribution in [2.45, 2.75) is 0 Å². The molecule has 0 saturated carbocycles. The first kappa shape index (κ1) is 8.64. The van der Waals surface area contributed by atoms with Gasteiger partial charge in [0.2, 0.25) is 0 Å². The summed E-state index contributed by atoms with van der Waals surface area (Å²) in [5.41, 5.74) is 0. The summed E-state index contributed by atoms with van der Waals surface area (Å²) >= 11 is 4.01. The molecule has 46 valence electrons. The van der Waals surface area contributed by atoms with Crippen LogP contribution < -0.4 is 3.32 Å². The molecule has 0 aromatic heterocycles. The first-order valence-electron chi connectivity index (χ1n) is 2.64. The van der Waals surface area contributed by atoms with Crippen molar-refractivity contribution in [1.29, 1.82) is 0 Å². The summed E-state index contributed by atoms with van der Waals surface area (Å²) in [6.45, 7) is 0. The summed E-state index contributed by atoms with van der Waals surface area (Å²) in [4.78, 5) is 0.